The van der Waals surface area contributed by atoms with Crippen LogP contribution in [-0.2, 0) is 9.59 Å². The molecule has 3 amide bonds. The van der Waals surface area contributed by atoms with E-state index in [9.17, 15) is 24.3 Å². The molecule has 2 heterocycles. The summed E-state index contributed by atoms with van der Waals surface area (Å²) >= 11 is 0. The molecule has 0 saturated carbocycles. The maximum Gasteiger partial charge on any atom is 0.407 e. The Morgan fingerprint density at radius 3 is 2.59 bits per heavy atom. The van der Waals surface area contributed by atoms with Gasteiger partial charge in [0.25, 0.3) is 5.91 Å². The predicted octanol–water partition coefficient (Wildman–Crippen LogP) is 2.79. The van der Waals surface area contributed by atoms with Crippen molar-refractivity contribution in [3.8, 4) is 0 Å². The van der Waals surface area contributed by atoms with Crippen LogP contribution in [0.1, 0.15) is 50.6 Å². The molecule has 0 bridgehead atoms. The van der Waals surface area contributed by atoms with E-state index >= 15 is 0 Å². The summed E-state index contributed by atoms with van der Waals surface area (Å²) in [4.78, 5) is 50.8. The molecule has 3 rings (SSSR count). The molecule has 3 atom stereocenters. The van der Waals surface area contributed by atoms with E-state index in [4.69, 9.17) is 4.42 Å². The summed E-state index contributed by atoms with van der Waals surface area (Å²) in [5.74, 6) is -1.15. The Morgan fingerprint density at radius 2 is 1.94 bits per heavy atom. The number of amides is 3. The number of para-hydroxylation sites is 1. The van der Waals surface area contributed by atoms with Crippen LogP contribution in [0.25, 0.3) is 11.0 Å². The second-order valence-corrected chi connectivity index (χ2v) is 8.67. The van der Waals surface area contributed by atoms with Crippen molar-refractivity contribution in [2.24, 2.45) is 5.92 Å². The van der Waals surface area contributed by atoms with E-state index in [1.165, 1.54) is 0 Å². The number of fused-ring (bicyclic) bond motifs is 1. The van der Waals surface area contributed by atoms with Crippen molar-refractivity contribution < 1.29 is 28.7 Å². The van der Waals surface area contributed by atoms with Crippen LogP contribution in [0.2, 0.25) is 0 Å². The lowest BCUT2D eigenvalue weighted by Gasteiger charge is -2.23. The highest BCUT2D eigenvalue weighted by Crippen LogP contribution is 2.20. The van der Waals surface area contributed by atoms with Gasteiger partial charge in [-0.3, -0.25) is 19.3 Å². The Hall–Kier alpha value is -3.36. The number of hydrogen-bond donors (Lipinski definition) is 3. The van der Waals surface area contributed by atoms with Gasteiger partial charge in [0.1, 0.15) is 11.6 Å². The van der Waals surface area contributed by atoms with Crippen LogP contribution in [-0.4, -0.2) is 58.4 Å². The first-order valence-corrected chi connectivity index (χ1v) is 10.8. The van der Waals surface area contributed by atoms with Gasteiger partial charge in [-0.1, -0.05) is 32.0 Å². The molecule has 9 heteroatoms. The number of nitrogens with one attached hydrogen (secondary N) is 2. The SMILES string of the molecule is CC(C)C[C@H](NC(=O)c1cc2ccccc2o1)C(=O)N[C@H]1CC[C@@H](C)N(C(=O)O)CC1=O. The smallest absolute Gasteiger partial charge is 0.407 e. The Kier molecular flexibility index (Phi) is 7.17. The molecule has 0 spiro atoms. The standard InChI is InChI=1S/C23H29N3O6/c1-13(2)10-17(25-22(29)20-11-15-6-4-5-7-19(15)32-20)21(28)24-16-9-8-14(3)26(23(30)31)12-18(16)27/h4-7,11,13-14,16-17H,8-10,12H2,1-3H3,(H,24,28)(H,25,29)(H,30,31)/t14-,16+,17+/m1/s1. The highest BCUT2D eigenvalue weighted by molar-refractivity contribution is 5.99. The van der Waals surface area contributed by atoms with Crippen molar-refractivity contribution in [1.82, 2.24) is 15.5 Å². The van der Waals surface area contributed by atoms with Gasteiger partial charge >= 0.3 is 6.09 Å². The highest BCUT2D eigenvalue weighted by Gasteiger charge is 2.34. The Labute approximate surface area is 186 Å². The summed E-state index contributed by atoms with van der Waals surface area (Å²) in [7, 11) is 0. The zero-order valence-corrected chi connectivity index (χ0v) is 18.5. The first-order valence-electron chi connectivity index (χ1n) is 10.8. The number of furan rings is 1. The zero-order valence-electron chi connectivity index (χ0n) is 18.5. The molecule has 9 nitrogen and oxygen atoms in total. The molecule has 0 aliphatic carbocycles. The van der Waals surface area contributed by atoms with Gasteiger partial charge < -0.3 is 20.2 Å². The van der Waals surface area contributed by atoms with Gasteiger partial charge in [-0.15, -0.1) is 0 Å². The molecule has 172 valence electrons. The van der Waals surface area contributed by atoms with E-state index in [1.807, 2.05) is 26.0 Å². The van der Waals surface area contributed by atoms with Crippen molar-refractivity contribution >= 4 is 34.7 Å². The van der Waals surface area contributed by atoms with Crippen molar-refractivity contribution in [2.75, 3.05) is 6.54 Å². The number of hydrogen-bond acceptors (Lipinski definition) is 5. The molecule has 1 saturated heterocycles. The van der Waals surface area contributed by atoms with Gasteiger partial charge in [-0.2, -0.15) is 0 Å². The van der Waals surface area contributed by atoms with Crippen molar-refractivity contribution in [1.29, 1.82) is 0 Å². The summed E-state index contributed by atoms with van der Waals surface area (Å²) in [5, 5.41) is 15.5. The molecule has 0 radical (unpaired) electrons. The van der Waals surface area contributed by atoms with Crippen LogP contribution in [0.3, 0.4) is 0 Å². The minimum atomic E-state index is -1.16. The molecule has 32 heavy (non-hydrogen) atoms. The van der Waals surface area contributed by atoms with Crippen LogP contribution in [0.5, 0.6) is 0 Å². The molecule has 1 aliphatic rings. The number of Topliss-reactive ketones (excluding diaryl/α,β-unsaturated/α-hetero) is 1. The van der Waals surface area contributed by atoms with E-state index in [1.54, 1.807) is 25.1 Å². The van der Waals surface area contributed by atoms with Crippen LogP contribution >= 0.6 is 0 Å². The summed E-state index contributed by atoms with van der Waals surface area (Å²) in [6, 6.07) is 6.86. The van der Waals surface area contributed by atoms with Gasteiger partial charge in [-0.05, 0) is 44.2 Å². The number of carboxylic acid groups (broad SMARTS) is 1. The first kappa shape index (κ1) is 23.3. The molecule has 0 unspecified atom stereocenters. The molecular formula is C23H29N3O6. The Morgan fingerprint density at radius 1 is 1.22 bits per heavy atom. The highest BCUT2D eigenvalue weighted by atomic mass is 16.4. The average Bonchev–Trinajstić information content (AvgIpc) is 3.11. The van der Waals surface area contributed by atoms with Crippen LogP contribution in [0.15, 0.2) is 34.7 Å². The Bertz CT molecular complexity index is 981. The fourth-order valence-corrected chi connectivity index (χ4v) is 3.87. The second-order valence-electron chi connectivity index (χ2n) is 8.67. The average molecular weight is 444 g/mol. The molecular weight excluding hydrogens is 414 g/mol. The maximum atomic E-state index is 13.0. The topological polar surface area (TPSA) is 129 Å². The van der Waals surface area contributed by atoms with E-state index in [0.29, 0.717) is 24.8 Å². The fourth-order valence-electron chi connectivity index (χ4n) is 3.87. The molecule has 1 aromatic carbocycles. The quantitative estimate of drug-likeness (QED) is 0.630. The number of carbonyl (C=O) groups excluding carboxylic acids is 3. The molecule has 1 aliphatic heterocycles. The zero-order chi connectivity index (χ0) is 23.4. The third kappa shape index (κ3) is 5.46. The van der Waals surface area contributed by atoms with Crippen molar-refractivity contribution in [2.45, 2.75) is 58.2 Å². The molecule has 1 fully saturated rings. The lowest BCUT2D eigenvalue weighted by atomic mass is 10.0. The Balaban J connectivity index is 1.70. The number of rotatable bonds is 6. The van der Waals surface area contributed by atoms with Crippen molar-refractivity contribution in [3.63, 3.8) is 0 Å². The maximum absolute atomic E-state index is 13.0. The van der Waals surface area contributed by atoms with E-state index in [2.05, 4.69) is 10.6 Å². The lowest BCUT2D eigenvalue weighted by molar-refractivity contribution is -0.129. The minimum absolute atomic E-state index is 0.101. The van der Waals surface area contributed by atoms with E-state index in [0.717, 1.165) is 10.3 Å². The third-order valence-corrected chi connectivity index (χ3v) is 5.66. The molecule has 2 aromatic rings. The van der Waals surface area contributed by atoms with Crippen LogP contribution in [0, 0.1) is 5.92 Å². The third-order valence-electron chi connectivity index (χ3n) is 5.66. The summed E-state index contributed by atoms with van der Waals surface area (Å²) in [5.41, 5.74) is 0.573. The first-order chi connectivity index (χ1) is 15.2. The van der Waals surface area contributed by atoms with Gasteiger partial charge in [0.05, 0.1) is 12.6 Å². The predicted molar refractivity (Wildman–Crippen MR) is 117 cm³/mol. The summed E-state index contributed by atoms with van der Waals surface area (Å²) in [6.45, 7) is 5.32. The normalized spacial score (nSPS) is 20.1. The minimum Gasteiger partial charge on any atom is -0.465 e. The monoisotopic (exact) mass is 443 g/mol. The van der Waals surface area contributed by atoms with Crippen molar-refractivity contribution in [3.05, 3.63) is 36.1 Å². The van der Waals surface area contributed by atoms with Gasteiger partial charge in [0.2, 0.25) is 5.91 Å². The molecule has 3 N–H and O–H groups in total. The second kappa shape index (κ2) is 9.84. The fraction of sp³-hybridized carbons (Fsp3) is 0.478. The molecule has 1 aromatic heterocycles. The van der Waals surface area contributed by atoms with Gasteiger partial charge in [-0.25, -0.2) is 4.79 Å². The number of likely N-dealkylation sites (tertiary alicyclic amines) is 1. The van der Waals surface area contributed by atoms with Gasteiger partial charge in [0, 0.05) is 11.4 Å². The van der Waals surface area contributed by atoms with E-state index in [-0.39, 0.29) is 30.0 Å². The van der Waals surface area contributed by atoms with Gasteiger partial charge in [0.15, 0.2) is 11.5 Å². The number of benzene rings is 1. The number of ketones is 1. The summed E-state index contributed by atoms with van der Waals surface area (Å²) in [6.07, 6.45) is -0.00494. The van der Waals surface area contributed by atoms with Crippen LogP contribution in [0.4, 0.5) is 4.79 Å². The lowest BCUT2D eigenvalue weighted by Crippen LogP contribution is -2.52. The number of carbonyl (C=O) groups is 4. The number of nitrogens with zero attached hydrogens (tertiary/aromatic N) is 1. The largest absolute Gasteiger partial charge is 0.465 e. The van der Waals surface area contributed by atoms with E-state index < -0.39 is 30.0 Å². The van der Waals surface area contributed by atoms with Crippen LogP contribution < -0.4 is 10.6 Å². The summed E-state index contributed by atoms with van der Waals surface area (Å²) < 4.78 is 5.59.